The first-order valence-corrected chi connectivity index (χ1v) is 6.72. The van der Waals surface area contributed by atoms with Crippen molar-refractivity contribution in [2.24, 2.45) is 11.1 Å². The van der Waals surface area contributed by atoms with Gasteiger partial charge in [0.25, 0.3) is 0 Å². The van der Waals surface area contributed by atoms with Gasteiger partial charge in [-0.15, -0.1) is 0 Å². The van der Waals surface area contributed by atoms with E-state index in [0.717, 1.165) is 12.8 Å². The summed E-state index contributed by atoms with van der Waals surface area (Å²) >= 11 is 0. The van der Waals surface area contributed by atoms with Crippen LogP contribution in [0.1, 0.15) is 63.1 Å². The van der Waals surface area contributed by atoms with Gasteiger partial charge in [0.05, 0.1) is 5.54 Å². The molecule has 2 aliphatic carbocycles. The van der Waals surface area contributed by atoms with Crippen LogP contribution in [-0.2, 0) is 5.54 Å². The molecule has 94 valence electrons. The molecule has 1 spiro atoms. The van der Waals surface area contributed by atoms with Crippen LogP contribution in [-0.4, -0.2) is 10.1 Å². The Hall–Kier alpha value is -0.900. The quantitative estimate of drug-likeness (QED) is 0.812. The number of nitrogens with two attached hydrogens (primary N) is 1. The first-order valence-electron chi connectivity index (χ1n) is 6.72. The Labute approximate surface area is 102 Å². The summed E-state index contributed by atoms with van der Waals surface area (Å²) in [4.78, 5) is 4.32. The second-order valence-electron chi connectivity index (χ2n) is 6.00. The normalized spacial score (nSPS) is 26.5. The third-order valence-electron chi connectivity index (χ3n) is 4.84. The van der Waals surface area contributed by atoms with Crippen molar-refractivity contribution in [2.45, 2.75) is 63.8 Å². The van der Waals surface area contributed by atoms with Crippen molar-refractivity contribution in [2.75, 3.05) is 0 Å². The van der Waals surface area contributed by atoms with Crippen LogP contribution in [0.2, 0.25) is 0 Å². The van der Waals surface area contributed by atoms with Crippen LogP contribution in [0.4, 0.5) is 0 Å². The fourth-order valence-corrected chi connectivity index (χ4v) is 3.58. The number of hydrogen-bond acceptors (Lipinski definition) is 4. The zero-order valence-electron chi connectivity index (χ0n) is 10.5. The fraction of sp³-hybridized carbons (Fsp3) is 0.846. The van der Waals surface area contributed by atoms with Gasteiger partial charge < -0.3 is 10.3 Å². The van der Waals surface area contributed by atoms with Crippen LogP contribution in [0, 0.1) is 12.3 Å². The van der Waals surface area contributed by atoms with E-state index in [1.807, 2.05) is 6.92 Å². The summed E-state index contributed by atoms with van der Waals surface area (Å²) in [6, 6.07) is 0. The van der Waals surface area contributed by atoms with Gasteiger partial charge in [-0.25, -0.2) is 0 Å². The zero-order chi connectivity index (χ0) is 11.9. The molecule has 0 aromatic carbocycles. The maximum Gasteiger partial charge on any atom is 0.223 e. The summed E-state index contributed by atoms with van der Waals surface area (Å²) in [5.74, 6) is 1.33. The van der Waals surface area contributed by atoms with Gasteiger partial charge in [0, 0.05) is 6.92 Å². The number of hydrogen-bond donors (Lipinski definition) is 1. The molecule has 4 heteroatoms. The summed E-state index contributed by atoms with van der Waals surface area (Å²) in [7, 11) is 0. The highest BCUT2D eigenvalue weighted by Crippen LogP contribution is 2.52. The Bertz CT molecular complexity index is 397. The first kappa shape index (κ1) is 11.2. The molecule has 0 radical (unpaired) electrons. The smallest absolute Gasteiger partial charge is 0.223 e. The number of aromatic nitrogens is 2. The average molecular weight is 235 g/mol. The van der Waals surface area contributed by atoms with E-state index in [4.69, 9.17) is 10.3 Å². The van der Waals surface area contributed by atoms with E-state index < -0.39 is 0 Å². The van der Waals surface area contributed by atoms with Crippen LogP contribution >= 0.6 is 0 Å². The minimum atomic E-state index is -0.342. The second kappa shape index (κ2) is 3.80. The van der Waals surface area contributed by atoms with Crippen LogP contribution in [0.15, 0.2) is 4.52 Å². The van der Waals surface area contributed by atoms with Crippen molar-refractivity contribution >= 4 is 0 Å². The largest absolute Gasteiger partial charge is 0.340 e. The van der Waals surface area contributed by atoms with Crippen molar-refractivity contribution in [3.8, 4) is 0 Å². The molecule has 4 nitrogen and oxygen atoms in total. The van der Waals surface area contributed by atoms with Crippen molar-refractivity contribution in [3.63, 3.8) is 0 Å². The molecular formula is C13H21N3O. The lowest BCUT2D eigenvalue weighted by Gasteiger charge is -2.41. The Morgan fingerprint density at radius 1 is 1.06 bits per heavy atom. The van der Waals surface area contributed by atoms with Gasteiger partial charge in [-0.3, -0.25) is 0 Å². The highest BCUT2D eigenvalue weighted by Gasteiger charge is 2.44. The second-order valence-corrected chi connectivity index (χ2v) is 6.00. The maximum atomic E-state index is 6.46. The summed E-state index contributed by atoms with van der Waals surface area (Å²) in [6.07, 6.45) is 10.1. The number of aryl methyl sites for hydroxylation is 1. The molecule has 2 saturated carbocycles. The van der Waals surface area contributed by atoms with E-state index in [1.165, 1.54) is 38.5 Å². The standard InChI is InChI=1S/C13H21N3O/c1-10-15-11(16-17-10)13(14)8-6-12(7-9-13)4-2-3-5-12/h2-9,14H2,1H3. The minimum absolute atomic E-state index is 0.342. The summed E-state index contributed by atoms with van der Waals surface area (Å²) in [5, 5.41) is 4.02. The Balaban J connectivity index is 1.75. The van der Waals surface area contributed by atoms with Crippen LogP contribution in [0.3, 0.4) is 0 Å². The number of rotatable bonds is 1. The van der Waals surface area contributed by atoms with Crippen molar-refractivity contribution in [1.82, 2.24) is 10.1 Å². The van der Waals surface area contributed by atoms with E-state index in [1.54, 1.807) is 0 Å². The molecule has 2 N–H and O–H groups in total. The van der Waals surface area contributed by atoms with E-state index >= 15 is 0 Å². The first-order chi connectivity index (χ1) is 8.12. The highest BCUT2D eigenvalue weighted by atomic mass is 16.5. The third kappa shape index (κ3) is 1.88. The fourth-order valence-electron chi connectivity index (χ4n) is 3.58. The highest BCUT2D eigenvalue weighted by molar-refractivity contribution is 5.08. The molecule has 0 atom stereocenters. The molecule has 0 bridgehead atoms. The monoisotopic (exact) mass is 235 g/mol. The molecule has 2 fully saturated rings. The molecular weight excluding hydrogens is 214 g/mol. The molecule has 2 aliphatic rings. The van der Waals surface area contributed by atoms with E-state index in [9.17, 15) is 0 Å². The van der Waals surface area contributed by atoms with Gasteiger partial charge >= 0.3 is 0 Å². The Morgan fingerprint density at radius 3 is 2.24 bits per heavy atom. The lowest BCUT2D eigenvalue weighted by atomic mass is 9.66. The average Bonchev–Trinajstić information content (AvgIpc) is 2.94. The molecule has 1 heterocycles. The van der Waals surface area contributed by atoms with Crippen LogP contribution in [0.5, 0.6) is 0 Å². The summed E-state index contributed by atoms with van der Waals surface area (Å²) in [6.45, 7) is 1.82. The van der Waals surface area contributed by atoms with E-state index in [0.29, 0.717) is 17.1 Å². The molecule has 0 saturated heterocycles. The van der Waals surface area contributed by atoms with Gasteiger partial charge in [0.15, 0.2) is 5.82 Å². The number of nitrogens with zero attached hydrogens (tertiary/aromatic N) is 2. The maximum absolute atomic E-state index is 6.46. The van der Waals surface area contributed by atoms with Crippen LogP contribution < -0.4 is 5.73 Å². The summed E-state index contributed by atoms with van der Waals surface area (Å²) < 4.78 is 5.06. The predicted octanol–water partition coefficient (Wildman–Crippen LogP) is 2.67. The van der Waals surface area contributed by atoms with Crippen LogP contribution in [0.25, 0.3) is 0 Å². The van der Waals surface area contributed by atoms with E-state index in [-0.39, 0.29) is 5.54 Å². The SMILES string of the molecule is Cc1nc(C2(N)CCC3(CCCC3)CC2)no1. The van der Waals surface area contributed by atoms with E-state index in [2.05, 4.69) is 10.1 Å². The van der Waals surface area contributed by atoms with Gasteiger partial charge in [0.1, 0.15) is 0 Å². The van der Waals surface area contributed by atoms with Crippen molar-refractivity contribution in [1.29, 1.82) is 0 Å². The van der Waals surface area contributed by atoms with Gasteiger partial charge in [-0.05, 0) is 43.9 Å². The zero-order valence-corrected chi connectivity index (χ0v) is 10.5. The molecule has 0 aliphatic heterocycles. The van der Waals surface area contributed by atoms with Gasteiger partial charge in [-0.1, -0.05) is 18.0 Å². The Morgan fingerprint density at radius 2 is 1.71 bits per heavy atom. The van der Waals surface area contributed by atoms with Gasteiger partial charge in [-0.2, -0.15) is 4.98 Å². The molecule has 0 amide bonds. The Kier molecular flexibility index (Phi) is 2.51. The van der Waals surface area contributed by atoms with Gasteiger partial charge in [0.2, 0.25) is 5.89 Å². The molecule has 1 aromatic rings. The predicted molar refractivity (Wildman–Crippen MR) is 64.3 cm³/mol. The topological polar surface area (TPSA) is 64.9 Å². The third-order valence-corrected chi connectivity index (χ3v) is 4.84. The summed E-state index contributed by atoms with van der Waals surface area (Å²) in [5.41, 5.74) is 6.72. The van der Waals surface area contributed by atoms with Crippen molar-refractivity contribution in [3.05, 3.63) is 11.7 Å². The lowest BCUT2D eigenvalue weighted by Crippen LogP contribution is -2.44. The molecule has 3 rings (SSSR count). The lowest BCUT2D eigenvalue weighted by molar-refractivity contribution is 0.127. The van der Waals surface area contributed by atoms with Crippen molar-refractivity contribution < 1.29 is 4.52 Å². The molecule has 17 heavy (non-hydrogen) atoms. The molecule has 1 aromatic heterocycles. The molecule has 0 unspecified atom stereocenters. The minimum Gasteiger partial charge on any atom is -0.340 e.